The number of rotatable bonds is 8. The van der Waals surface area contributed by atoms with Crippen LogP contribution in [0.25, 0.3) is 0 Å². The van der Waals surface area contributed by atoms with Gasteiger partial charge in [0.2, 0.25) is 0 Å². The van der Waals surface area contributed by atoms with Crippen molar-refractivity contribution in [2.45, 2.75) is 64.3 Å². The molecule has 2 unspecified atom stereocenters. The first-order chi connectivity index (χ1) is 17.4. The first kappa shape index (κ1) is 25.5. The van der Waals surface area contributed by atoms with Gasteiger partial charge < -0.3 is 23.7 Å². The smallest absolute Gasteiger partial charge is 0.158 e. The fourth-order valence-corrected chi connectivity index (χ4v) is 4.00. The summed E-state index contributed by atoms with van der Waals surface area (Å²) in [4.78, 5) is 0. The number of hydrogen-bond donors (Lipinski definition) is 0. The predicted octanol–water partition coefficient (Wildman–Crippen LogP) is 5.19. The average molecular weight is 475 g/mol. The molecule has 2 heterocycles. The highest BCUT2D eigenvalue weighted by molar-refractivity contribution is 5.42. The Morgan fingerprint density at radius 2 is 1.14 bits per heavy atom. The lowest BCUT2D eigenvalue weighted by molar-refractivity contribution is -0.169. The van der Waals surface area contributed by atoms with E-state index in [1.54, 1.807) is 0 Å². The maximum Gasteiger partial charge on any atom is 0.158 e. The van der Waals surface area contributed by atoms with Crippen LogP contribution in [0.1, 0.15) is 60.8 Å². The Bertz CT molecular complexity index is 946. The molecule has 0 bridgehead atoms. The Morgan fingerprint density at radius 1 is 0.657 bits per heavy atom. The Balaban J connectivity index is 1.21. The molecule has 35 heavy (non-hydrogen) atoms. The zero-order chi connectivity index (χ0) is 24.0. The SMILES string of the molecule is C(#Cc1ccccc1COC1CCCCO1)COCC#Cc1ccccc1COC1CCCCO1. The standard InChI is InChI=1S/C30H34O5/c1-3-13-27(23-34-29-17-5-7-21-32-29)25(11-1)15-9-19-31-20-10-16-26-12-2-4-14-28(26)24-35-30-18-6-8-22-33-30/h1-4,11-14,29-30H,5-8,17-24H2. The molecule has 5 nitrogen and oxygen atoms in total. The van der Waals surface area contributed by atoms with Crippen LogP contribution in [0.4, 0.5) is 0 Å². The summed E-state index contributed by atoms with van der Waals surface area (Å²) in [6, 6.07) is 16.1. The molecule has 0 aliphatic carbocycles. The molecule has 2 atom stereocenters. The molecule has 5 heteroatoms. The largest absolute Gasteiger partial charge is 0.356 e. The fourth-order valence-electron chi connectivity index (χ4n) is 4.00. The van der Waals surface area contributed by atoms with Crippen LogP contribution in [0.3, 0.4) is 0 Å². The molecule has 0 aromatic heterocycles. The van der Waals surface area contributed by atoms with E-state index < -0.39 is 0 Å². The monoisotopic (exact) mass is 474 g/mol. The topological polar surface area (TPSA) is 46.2 Å². The van der Waals surface area contributed by atoms with Crippen LogP contribution in [0, 0.1) is 23.7 Å². The highest BCUT2D eigenvalue weighted by Crippen LogP contribution is 2.18. The van der Waals surface area contributed by atoms with Gasteiger partial charge in [-0.05, 0) is 61.8 Å². The minimum atomic E-state index is -0.107. The molecule has 0 spiro atoms. The Hall–Kier alpha value is -2.64. The van der Waals surface area contributed by atoms with Crippen LogP contribution >= 0.6 is 0 Å². The molecular weight excluding hydrogens is 440 g/mol. The zero-order valence-corrected chi connectivity index (χ0v) is 20.3. The molecule has 0 N–H and O–H groups in total. The fraction of sp³-hybridized carbons (Fsp3) is 0.467. The second-order valence-corrected chi connectivity index (χ2v) is 8.62. The molecule has 2 fully saturated rings. The Labute approximate surface area is 209 Å². The first-order valence-corrected chi connectivity index (χ1v) is 12.6. The summed E-state index contributed by atoms with van der Waals surface area (Å²) in [5.41, 5.74) is 4.03. The van der Waals surface area contributed by atoms with Gasteiger partial charge in [-0.15, -0.1) is 0 Å². The lowest BCUT2D eigenvalue weighted by atomic mass is 10.1. The van der Waals surface area contributed by atoms with Crippen LogP contribution in [-0.4, -0.2) is 39.0 Å². The van der Waals surface area contributed by atoms with Gasteiger partial charge in [0.05, 0.1) is 13.2 Å². The number of ether oxygens (including phenoxy) is 5. The summed E-state index contributed by atoms with van der Waals surface area (Å²) in [6.45, 7) is 3.19. The van der Waals surface area contributed by atoms with Crippen molar-refractivity contribution in [1.82, 2.24) is 0 Å². The van der Waals surface area contributed by atoms with Crippen molar-refractivity contribution in [1.29, 1.82) is 0 Å². The maximum atomic E-state index is 5.92. The van der Waals surface area contributed by atoms with Crippen LogP contribution in [0.15, 0.2) is 48.5 Å². The van der Waals surface area contributed by atoms with Gasteiger partial charge in [0, 0.05) is 24.3 Å². The minimum Gasteiger partial charge on any atom is -0.356 e. The van der Waals surface area contributed by atoms with E-state index in [-0.39, 0.29) is 12.6 Å². The third kappa shape index (κ3) is 8.82. The van der Waals surface area contributed by atoms with Crippen LogP contribution in [0.5, 0.6) is 0 Å². The predicted molar refractivity (Wildman–Crippen MR) is 134 cm³/mol. The summed E-state index contributed by atoms with van der Waals surface area (Å²) < 4.78 is 28.8. The van der Waals surface area contributed by atoms with E-state index in [9.17, 15) is 0 Å². The highest BCUT2D eigenvalue weighted by atomic mass is 16.7. The number of benzene rings is 2. The van der Waals surface area contributed by atoms with Gasteiger partial charge in [-0.25, -0.2) is 0 Å². The molecule has 4 rings (SSSR count). The van der Waals surface area contributed by atoms with Gasteiger partial charge in [0.15, 0.2) is 12.6 Å². The van der Waals surface area contributed by atoms with Crippen molar-refractivity contribution < 1.29 is 23.7 Å². The zero-order valence-electron chi connectivity index (χ0n) is 20.3. The first-order valence-electron chi connectivity index (χ1n) is 12.6. The lowest BCUT2D eigenvalue weighted by Crippen LogP contribution is -2.22. The minimum absolute atomic E-state index is 0.107. The average Bonchev–Trinajstić information content (AvgIpc) is 2.92. The van der Waals surface area contributed by atoms with Gasteiger partial charge in [0.25, 0.3) is 0 Å². The molecule has 2 aliphatic rings. The van der Waals surface area contributed by atoms with Crippen LogP contribution < -0.4 is 0 Å². The van der Waals surface area contributed by atoms with Crippen LogP contribution in [0.2, 0.25) is 0 Å². The van der Waals surface area contributed by atoms with Crippen molar-refractivity contribution in [2.24, 2.45) is 0 Å². The van der Waals surface area contributed by atoms with E-state index in [4.69, 9.17) is 23.7 Å². The lowest BCUT2D eigenvalue weighted by Gasteiger charge is -2.22. The summed E-state index contributed by atoms with van der Waals surface area (Å²) in [5.74, 6) is 12.6. The van der Waals surface area contributed by atoms with Crippen molar-refractivity contribution >= 4 is 0 Å². The third-order valence-electron chi connectivity index (χ3n) is 5.95. The number of hydrogen-bond acceptors (Lipinski definition) is 5. The molecule has 2 aromatic carbocycles. The van der Waals surface area contributed by atoms with E-state index in [1.165, 1.54) is 0 Å². The quantitative estimate of drug-likeness (QED) is 0.389. The molecule has 0 amide bonds. The van der Waals surface area contributed by atoms with E-state index in [2.05, 4.69) is 23.7 Å². The highest BCUT2D eigenvalue weighted by Gasteiger charge is 2.15. The van der Waals surface area contributed by atoms with Crippen molar-refractivity contribution in [3.8, 4) is 23.7 Å². The van der Waals surface area contributed by atoms with Gasteiger partial charge in [0.1, 0.15) is 13.2 Å². The second-order valence-electron chi connectivity index (χ2n) is 8.62. The van der Waals surface area contributed by atoms with E-state index in [1.807, 2.05) is 48.5 Å². The van der Waals surface area contributed by atoms with E-state index in [0.29, 0.717) is 26.4 Å². The van der Waals surface area contributed by atoms with Gasteiger partial charge in [-0.2, -0.15) is 0 Å². The van der Waals surface area contributed by atoms with Gasteiger partial charge >= 0.3 is 0 Å². The van der Waals surface area contributed by atoms with Gasteiger partial charge in [-0.1, -0.05) is 60.1 Å². The van der Waals surface area contributed by atoms with Crippen molar-refractivity contribution in [2.75, 3.05) is 26.4 Å². The molecular formula is C30H34O5. The maximum absolute atomic E-state index is 5.92. The summed E-state index contributed by atoms with van der Waals surface area (Å²) >= 11 is 0. The summed E-state index contributed by atoms with van der Waals surface area (Å²) in [6.07, 6.45) is 6.23. The third-order valence-corrected chi connectivity index (χ3v) is 5.95. The van der Waals surface area contributed by atoms with E-state index >= 15 is 0 Å². The molecule has 2 aromatic rings. The Kier molecular flexibility index (Phi) is 10.7. The van der Waals surface area contributed by atoms with Crippen molar-refractivity contribution in [3.63, 3.8) is 0 Å². The van der Waals surface area contributed by atoms with Crippen molar-refractivity contribution in [3.05, 3.63) is 70.8 Å². The molecule has 184 valence electrons. The van der Waals surface area contributed by atoms with Gasteiger partial charge in [-0.3, -0.25) is 0 Å². The van der Waals surface area contributed by atoms with E-state index in [0.717, 1.165) is 74.0 Å². The normalized spacial score (nSPS) is 19.8. The molecule has 2 saturated heterocycles. The summed E-state index contributed by atoms with van der Waals surface area (Å²) in [5, 5.41) is 0. The Morgan fingerprint density at radius 3 is 1.60 bits per heavy atom. The van der Waals surface area contributed by atoms with Crippen LogP contribution in [-0.2, 0) is 36.9 Å². The molecule has 2 aliphatic heterocycles. The summed E-state index contributed by atoms with van der Waals surface area (Å²) in [7, 11) is 0. The second kappa shape index (κ2) is 14.7. The molecule has 0 saturated carbocycles. The molecule has 0 radical (unpaired) electrons.